The molecule has 29 heavy (non-hydrogen) atoms. The van der Waals surface area contributed by atoms with E-state index in [-0.39, 0.29) is 22.9 Å². The molecule has 0 fully saturated rings. The summed E-state index contributed by atoms with van der Waals surface area (Å²) in [5.41, 5.74) is 0.599. The largest absolute Gasteiger partial charge is 0.493 e. The summed E-state index contributed by atoms with van der Waals surface area (Å²) in [7, 11) is 4.37. The molecule has 0 saturated carbocycles. The van der Waals surface area contributed by atoms with Crippen LogP contribution < -0.4 is 18.9 Å². The summed E-state index contributed by atoms with van der Waals surface area (Å²) in [6, 6.07) is 9.19. The fourth-order valence-electron chi connectivity index (χ4n) is 2.69. The Balaban J connectivity index is 2.00. The molecule has 7 nitrogen and oxygen atoms in total. The molecule has 1 aliphatic rings. The number of carbonyl (C=O) groups excluding carboxylic acids is 1. The molecule has 2 aromatic rings. The van der Waals surface area contributed by atoms with Gasteiger partial charge in [-0.05, 0) is 24.3 Å². The normalized spacial score (nSPS) is 14.6. The number of methoxy groups -OCH3 is 3. The first-order valence-corrected chi connectivity index (χ1v) is 8.33. The van der Waals surface area contributed by atoms with E-state index >= 15 is 0 Å². The van der Waals surface area contributed by atoms with Crippen LogP contribution in [0.5, 0.6) is 23.0 Å². The summed E-state index contributed by atoms with van der Waals surface area (Å²) in [6.45, 7) is -3.00. The summed E-state index contributed by atoms with van der Waals surface area (Å²) in [5.74, 6) is 0.271. The fraction of sp³-hybridized carbons (Fsp3) is 0.200. The highest BCUT2D eigenvalue weighted by Crippen LogP contribution is 2.39. The van der Waals surface area contributed by atoms with Crippen molar-refractivity contribution < 1.29 is 37.3 Å². The third kappa shape index (κ3) is 4.29. The van der Waals surface area contributed by atoms with Crippen molar-refractivity contribution in [2.75, 3.05) is 21.3 Å². The van der Waals surface area contributed by atoms with Crippen molar-refractivity contribution in [3.8, 4) is 23.0 Å². The minimum absolute atomic E-state index is 0.00719. The molecule has 0 bridgehead atoms. The minimum Gasteiger partial charge on any atom is -0.493 e. The third-order valence-corrected chi connectivity index (χ3v) is 3.96. The van der Waals surface area contributed by atoms with E-state index in [0.717, 1.165) is 0 Å². The van der Waals surface area contributed by atoms with E-state index in [9.17, 15) is 13.6 Å². The number of ether oxygens (including phenoxy) is 5. The highest BCUT2D eigenvalue weighted by Gasteiger charge is 2.27. The second-order valence-corrected chi connectivity index (χ2v) is 5.67. The second-order valence-electron chi connectivity index (χ2n) is 5.67. The van der Waals surface area contributed by atoms with Crippen molar-refractivity contribution >= 4 is 17.9 Å². The van der Waals surface area contributed by atoms with Crippen LogP contribution in [0.4, 0.5) is 8.78 Å². The molecule has 0 radical (unpaired) electrons. The van der Waals surface area contributed by atoms with E-state index in [1.807, 2.05) is 0 Å². The Morgan fingerprint density at radius 2 is 1.66 bits per heavy atom. The highest BCUT2D eigenvalue weighted by molar-refractivity contribution is 6.13. The molecular formula is C20H17F2NO6. The first-order chi connectivity index (χ1) is 14.0. The third-order valence-electron chi connectivity index (χ3n) is 3.96. The maximum absolute atomic E-state index is 12.6. The maximum atomic E-state index is 12.6. The molecular weight excluding hydrogens is 388 g/mol. The summed E-state index contributed by atoms with van der Waals surface area (Å²) >= 11 is 0. The number of esters is 1. The van der Waals surface area contributed by atoms with Gasteiger partial charge in [-0.25, -0.2) is 9.79 Å². The Kier molecular flexibility index (Phi) is 5.96. The van der Waals surface area contributed by atoms with Gasteiger partial charge in [0, 0.05) is 11.1 Å². The van der Waals surface area contributed by atoms with Gasteiger partial charge in [0.15, 0.2) is 17.2 Å². The summed E-state index contributed by atoms with van der Waals surface area (Å²) in [6.07, 6.45) is 1.31. The van der Waals surface area contributed by atoms with E-state index in [1.165, 1.54) is 45.6 Å². The van der Waals surface area contributed by atoms with Crippen molar-refractivity contribution in [2.24, 2.45) is 4.99 Å². The molecule has 0 unspecified atom stereocenters. The zero-order valence-electron chi connectivity index (χ0n) is 15.8. The SMILES string of the molecule is COc1cc(C2=N/C(=C/c3ccccc3OC(F)F)C(=O)O2)cc(OC)c1OC. The molecule has 152 valence electrons. The maximum Gasteiger partial charge on any atom is 0.387 e. The van der Waals surface area contributed by atoms with Crippen molar-refractivity contribution in [1.82, 2.24) is 0 Å². The molecule has 1 aliphatic heterocycles. The number of carbonyl (C=O) groups is 1. The van der Waals surface area contributed by atoms with E-state index in [4.69, 9.17) is 18.9 Å². The van der Waals surface area contributed by atoms with Crippen molar-refractivity contribution in [2.45, 2.75) is 6.61 Å². The van der Waals surface area contributed by atoms with Gasteiger partial charge in [-0.2, -0.15) is 8.78 Å². The number of aliphatic imine (C=N–C) groups is 1. The smallest absolute Gasteiger partial charge is 0.387 e. The quantitative estimate of drug-likeness (QED) is 0.517. The van der Waals surface area contributed by atoms with Crippen LogP contribution >= 0.6 is 0 Å². The Hall–Kier alpha value is -3.62. The topological polar surface area (TPSA) is 75.6 Å². The van der Waals surface area contributed by atoms with E-state index in [2.05, 4.69) is 9.73 Å². The lowest BCUT2D eigenvalue weighted by molar-refractivity contribution is -0.129. The number of rotatable bonds is 7. The molecule has 9 heteroatoms. The van der Waals surface area contributed by atoms with Crippen molar-refractivity contribution in [3.05, 3.63) is 53.2 Å². The molecule has 0 aromatic heterocycles. The molecule has 0 spiro atoms. The van der Waals surface area contributed by atoms with Gasteiger partial charge in [0.1, 0.15) is 5.75 Å². The number of nitrogens with zero attached hydrogens (tertiary/aromatic N) is 1. The number of cyclic esters (lactones) is 1. The van der Waals surface area contributed by atoms with Gasteiger partial charge in [-0.15, -0.1) is 0 Å². The van der Waals surface area contributed by atoms with Crippen LogP contribution in [0.1, 0.15) is 11.1 Å². The lowest BCUT2D eigenvalue weighted by Gasteiger charge is -2.13. The van der Waals surface area contributed by atoms with Gasteiger partial charge in [0.2, 0.25) is 11.6 Å². The summed E-state index contributed by atoms with van der Waals surface area (Å²) in [5, 5.41) is 0. The molecule has 2 aromatic carbocycles. The van der Waals surface area contributed by atoms with E-state index < -0.39 is 12.6 Å². The average Bonchev–Trinajstić information content (AvgIpc) is 3.08. The molecule has 1 heterocycles. The monoisotopic (exact) mass is 405 g/mol. The Morgan fingerprint density at radius 3 is 2.24 bits per heavy atom. The zero-order valence-corrected chi connectivity index (χ0v) is 15.8. The van der Waals surface area contributed by atoms with Gasteiger partial charge >= 0.3 is 12.6 Å². The van der Waals surface area contributed by atoms with E-state index in [0.29, 0.717) is 22.8 Å². The number of para-hydroxylation sites is 1. The minimum atomic E-state index is -3.00. The van der Waals surface area contributed by atoms with Crippen LogP contribution in [0.2, 0.25) is 0 Å². The lowest BCUT2D eigenvalue weighted by Crippen LogP contribution is -2.07. The van der Waals surface area contributed by atoms with Crippen molar-refractivity contribution in [1.29, 1.82) is 0 Å². The van der Waals surface area contributed by atoms with Crippen LogP contribution in [0.3, 0.4) is 0 Å². The first kappa shape index (κ1) is 20.1. The Labute approximate surface area is 165 Å². The lowest BCUT2D eigenvalue weighted by atomic mass is 10.1. The van der Waals surface area contributed by atoms with Gasteiger partial charge < -0.3 is 23.7 Å². The fourth-order valence-corrected chi connectivity index (χ4v) is 2.69. The molecule has 3 rings (SSSR count). The molecule has 0 amide bonds. The number of alkyl halides is 2. The standard InChI is InChI=1S/C20H17F2NO6/c1-25-15-9-12(10-16(26-2)17(15)27-3)18-23-13(19(24)29-18)8-11-6-4-5-7-14(11)28-20(21)22/h4-10,20H,1-3H3/b13-8+. The second kappa shape index (κ2) is 8.59. The number of benzene rings is 2. The van der Waals surface area contributed by atoms with Crippen LogP contribution in [-0.4, -0.2) is 39.8 Å². The Morgan fingerprint density at radius 1 is 1.00 bits per heavy atom. The summed E-state index contributed by atoms with van der Waals surface area (Å²) < 4.78 is 50.7. The van der Waals surface area contributed by atoms with Gasteiger partial charge in [0.25, 0.3) is 0 Å². The van der Waals surface area contributed by atoms with Gasteiger partial charge in [0.05, 0.1) is 21.3 Å². The predicted molar refractivity (Wildman–Crippen MR) is 99.8 cm³/mol. The van der Waals surface area contributed by atoms with Crippen LogP contribution in [0.25, 0.3) is 6.08 Å². The molecule has 0 N–H and O–H groups in total. The van der Waals surface area contributed by atoms with E-state index in [1.54, 1.807) is 18.2 Å². The molecule has 0 aliphatic carbocycles. The first-order valence-electron chi connectivity index (χ1n) is 8.33. The van der Waals surface area contributed by atoms with Crippen LogP contribution in [0.15, 0.2) is 47.1 Å². The van der Waals surface area contributed by atoms with Crippen LogP contribution in [-0.2, 0) is 9.53 Å². The van der Waals surface area contributed by atoms with Crippen molar-refractivity contribution in [3.63, 3.8) is 0 Å². The summed E-state index contributed by atoms with van der Waals surface area (Å²) in [4.78, 5) is 16.4. The number of halogens is 2. The molecule has 0 atom stereocenters. The Bertz CT molecular complexity index is 962. The zero-order chi connectivity index (χ0) is 21.0. The highest BCUT2D eigenvalue weighted by atomic mass is 19.3. The van der Waals surface area contributed by atoms with Gasteiger partial charge in [-0.1, -0.05) is 18.2 Å². The number of hydrogen-bond acceptors (Lipinski definition) is 7. The van der Waals surface area contributed by atoms with Crippen LogP contribution in [0, 0.1) is 0 Å². The predicted octanol–water partition coefficient (Wildman–Crippen LogP) is 3.66. The number of hydrogen-bond donors (Lipinski definition) is 0. The van der Waals surface area contributed by atoms with Gasteiger partial charge in [-0.3, -0.25) is 0 Å². The average molecular weight is 405 g/mol. The molecule has 0 saturated heterocycles.